The Morgan fingerprint density at radius 3 is 3.07 bits per heavy atom. The number of aliphatic carboxylic acids is 1. The monoisotopic (exact) mass is 222 g/mol. The van der Waals surface area contributed by atoms with Crippen molar-refractivity contribution >= 4 is 29.4 Å². The minimum absolute atomic E-state index is 0.316. The summed E-state index contributed by atoms with van der Waals surface area (Å²) < 4.78 is 0. The minimum atomic E-state index is -0.924. The topological polar surface area (TPSA) is 52.9 Å². The zero-order valence-corrected chi connectivity index (χ0v) is 8.78. The van der Waals surface area contributed by atoms with Crippen molar-refractivity contribution in [3.63, 3.8) is 0 Å². The van der Waals surface area contributed by atoms with Gasteiger partial charge < -0.3 is 10.0 Å². The number of thiocarbonyl (C=S) groups is 1. The molecule has 1 N–H and O–H groups in total. The molecule has 0 aromatic rings. The average molecular weight is 222 g/mol. The molecule has 0 saturated heterocycles. The summed E-state index contributed by atoms with van der Waals surface area (Å²) in [5, 5.41) is 9.05. The lowest BCUT2D eigenvalue weighted by Crippen LogP contribution is -2.42. The Kier molecular flexibility index (Phi) is 2.64. The molecule has 1 heterocycles. The quantitative estimate of drug-likeness (QED) is 0.697. The Labute approximate surface area is 92.6 Å². The lowest BCUT2D eigenvalue weighted by molar-refractivity contribution is -0.133. The van der Waals surface area contributed by atoms with Crippen molar-refractivity contribution in [1.82, 2.24) is 4.90 Å². The van der Waals surface area contributed by atoms with Crippen LogP contribution in [0.15, 0.2) is 28.8 Å². The van der Waals surface area contributed by atoms with Crippen molar-refractivity contribution in [3.05, 3.63) is 23.8 Å². The van der Waals surface area contributed by atoms with Crippen LogP contribution in [0, 0.1) is 0 Å². The summed E-state index contributed by atoms with van der Waals surface area (Å²) in [6, 6.07) is -0.339. The molecule has 0 radical (unpaired) electrons. The largest absolute Gasteiger partial charge is 0.478 e. The van der Waals surface area contributed by atoms with Gasteiger partial charge in [0.05, 0.1) is 24.5 Å². The molecule has 78 valence electrons. The maximum Gasteiger partial charge on any atom is 0.334 e. The number of carbonyl (C=O) groups is 1. The van der Waals surface area contributed by atoms with E-state index in [1.165, 1.54) is 0 Å². The second-order valence-corrected chi connectivity index (χ2v) is 3.82. The molecule has 2 aliphatic rings. The van der Waals surface area contributed by atoms with Crippen molar-refractivity contribution in [2.24, 2.45) is 4.99 Å². The van der Waals surface area contributed by atoms with E-state index in [1.807, 2.05) is 4.90 Å². The number of hydrogen-bond donors (Lipinski definition) is 1. The Hall–Kier alpha value is -1.49. The van der Waals surface area contributed by atoms with E-state index in [9.17, 15) is 4.79 Å². The maximum absolute atomic E-state index is 11.0. The van der Waals surface area contributed by atoms with Gasteiger partial charge in [0.15, 0.2) is 0 Å². The van der Waals surface area contributed by atoms with Crippen LogP contribution in [0.5, 0.6) is 0 Å². The molecule has 0 aromatic heterocycles. The maximum atomic E-state index is 11.0. The van der Waals surface area contributed by atoms with Crippen LogP contribution in [0.3, 0.4) is 0 Å². The standard InChI is InChI=1S/C10H10N2O2S/c13-10(14)7-2-1-3-8(15)9(7)12-5-4-11-6-12/h1-3,6,9H,4-5H2,(H,13,14). The van der Waals surface area contributed by atoms with E-state index >= 15 is 0 Å². The second kappa shape index (κ2) is 3.94. The molecule has 1 aliphatic heterocycles. The van der Waals surface area contributed by atoms with Crippen LogP contribution in [0.25, 0.3) is 0 Å². The second-order valence-electron chi connectivity index (χ2n) is 3.35. The van der Waals surface area contributed by atoms with Crippen LogP contribution in [-0.2, 0) is 4.79 Å². The molecule has 0 amide bonds. The Balaban J connectivity index is 2.30. The van der Waals surface area contributed by atoms with Gasteiger partial charge in [-0.05, 0) is 12.2 Å². The molecule has 0 aromatic carbocycles. The molecule has 0 spiro atoms. The molecule has 1 atom stereocenters. The Morgan fingerprint density at radius 2 is 2.47 bits per heavy atom. The summed E-state index contributed by atoms with van der Waals surface area (Å²) in [6.45, 7) is 1.43. The fourth-order valence-electron chi connectivity index (χ4n) is 1.70. The molecular formula is C10H10N2O2S. The first kappa shape index (κ1) is 10.0. The first-order valence-electron chi connectivity index (χ1n) is 4.61. The predicted octanol–water partition coefficient (Wildman–Crippen LogP) is 0.650. The van der Waals surface area contributed by atoms with E-state index < -0.39 is 5.97 Å². The highest BCUT2D eigenvalue weighted by atomic mass is 32.1. The van der Waals surface area contributed by atoms with E-state index in [-0.39, 0.29) is 6.04 Å². The van der Waals surface area contributed by atoms with E-state index in [4.69, 9.17) is 17.3 Å². The number of hydrogen-bond acceptors (Lipinski definition) is 4. The smallest absolute Gasteiger partial charge is 0.334 e. The van der Waals surface area contributed by atoms with E-state index in [1.54, 1.807) is 24.6 Å². The zero-order valence-electron chi connectivity index (χ0n) is 7.96. The normalized spacial score (nSPS) is 24.5. The van der Waals surface area contributed by atoms with E-state index in [0.717, 1.165) is 6.54 Å². The summed E-state index contributed by atoms with van der Waals surface area (Å²) in [5.41, 5.74) is 0.316. The SMILES string of the molecule is O=C(O)C1=CC=CC(=S)C1N1C=NCC1. The van der Waals surface area contributed by atoms with Crippen LogP contribution < -0.4 is 0 Å². The summed E-state index contributed by atoms with van der Waals surface area (Å²) in [7, 11) is 0. The van der Waals surface area contributed by atoms with Crippen LogP contribution in [-0.4, -0.2) is 46.3 Å². The van der Waals surface area contributed by atoms with Crippen LogP contribution in [0.4, 0.5) is 0 Å². The lowest BCUT2D eigenvalue weighted by Gasteiger charge is -2.28. The highest BCUT2D eigenvalue weighted by Crippen LogP contribution is 2.18. The van der Waals surface area contributed by atoms with Crippen molar-refractivity contribution in [2.45, 2.75) is 6.04 Å². The molecular weight excluding hydrogens is 212 g/mol. The molecule has 5 heteroatoms. The summed E-state index contributed by atoms with van der Waals surface area (Å²) >= 11 is 5.17. The third-order valence-electron chi connectivity index (χ3n) is 2.40. The summed E-state index contributed by atoms with van der Waals surface area (Å²) in [4.78, 5) is 17.6. The minimum Gasteiger partial charge on any atom is -0.478 e. The number of rotatable bonds is 2. The van der Waals surface area contributed by atoms with Crippen molar-refractivity contribution in [2.75, 3.05) is 13.1 Å². The highest BCUT2D eigenvalue weighted by Gasteiger charge is 2.30. The highest BCUT2D eigenvalue weighted by molar-refractivity contribution is 7.81. The fourth-order valence-corrected chi connectivity index (χ4v) is 2.04. The van der Waals surface area contributed by atoms with Gasteiger partial charge in [-0.25, -0.2) is 4.79 Å². The fraction of sp³-hybridized carbons (Fsp3) is 0.300. The number of carboxylic acids is 1. The van der Waals surface area contributed by atoms with Gasteiger partial charge in [-0.15, -0.1) is 0 Å². The lowest BCUT2D eigenvalue weighted by atomic mass is 9.97. The molecule has 2 rings (SSSR count). The first-order chi connectivity index (χ1) is 7.20. The number of allylic oxidation sites excluding steroid dienone is 2. The van der Waals surface area contributed by atoms with Gasteiger partial charge in [0.1, 0.15) is 0 Å². The van der Waals surface area contributed by atoms with Crippen LogP contribution >= 0.6 is 12.2 Å². The van der Waals surface area contributed by atoms with Crippen LogP contribution in [0.1, 0.15) is 0 Å². The number of aliphatic imine (C=N–C) groups is 1. The van der Waals surface area contributed by atoms with Gasteiger partial charge in [-0.1, -0.05) is 18.3 Å². The van der Waals surface area contributed by atoms with Crippen molar-refractivity contribution < 1.29 is 9.90 Å². The van der Waals surface area contributed by atoms with E-state index in [2.05, 4.69) is 4.99 Å². The summed E-state index contributed by atoms with van der Waals surface area (Å²) in [6.07, 6.45) is 6.70. The third-order valence-corrected chi connectivity index (χ3v) is 2.76. The van der Waals surface area contributed by atoms with E-state index in [0.29, 0.717) is 17.0 Å². The zero-order chi connectivity index (χ0) is 10.8. The van der Waals surface area contributed by atoms with Gasteiger partial charge in [-0.3, -0.25) is 4.99 Å². The predicted molar refractivity (Wildman–Crippen MR) is 61.3 cm³/mol. The van der Waals surface area contributed by atoms with Gasteiger partial charge in [-0.2, -0.15) is 0 Å². The molecule has 4 nitrogen and oxygen atoms in total. The average Bonchev–Trinajstić information content (AvgIpc) is 2.70. The number of nitrogens with zero attached hydrogens (tertiary/aromatic N) is 2. The first-order valence-corrected chi connectivity index (χ1v) is 5.02. The van der Waals surface area contributed by atoms with Gasteiger partial charge >= 0.3 is 5.97 Å². The molecule has 1 unspecified atom stereocenters. The van der Waals surface area contributed by atoms with Gasteiger partial charge in [0.25, 0.3) is 0 Å². The summed E-state index contributed by atoms with van der Waals surface area (Å²) in [5.74, 6) is -0.924. The third kappa shape index (κ3) is 1.83. The number of carboxylic acid groups (broad SMARTS) is 1. The molecule has 15 heavy (non-hydrogen) atoms. The Morgan fingerprint density at radius 1 is 1.67 bits per heavy atom. The van der Waals surface area contributed by atoms with Crippen molar-refractivity contribution in [3.8, 4) is 0 Å². The van der Waals surface area contributed by atoms with Gasteiger partial charge in [0, 0.05) is 11.4 Å². The van der Waals surface area contributed by atoms with Gasteiger partial charge in [0.2, 0.25) is 0 Å². The Bertz CT molecular complexity index is 398. The van der Waals surface area contributed by atoms with Crippen LogP contribution in [0.2, 0.25) is 0 Å². The molecule has 0 bridgehead atoms. The molecule has 0 saturated carbocycles. The molecule has 0 fully saturated rings. The molecule has 1 aliphatic carbocycles. The van der Waals surface area contributed by atoms with Crippen molar-refractivity contribution in [1.29, 1.82) is 0 Å².